The summed E-state index contributed by atoms with van der Waals surface area (Å²) in [6.45, 7) is 0. The van der Waals surface area contributed by atoms with Crippen molar-refractivity contribution in [2.75, 3.05) is 0 Å². The molecule has 0 amide bonds. The van der Waals surface area contributed by atoms with Crippen molar-refractivity contribution in [3.8, 4) is 39.5 Å². The van der Waals surface area contributed by atoms with E-state index in [0.29, 0.717) is 5.95 Å². The number of fused-ring (bicyclic) bond motifs is 6. The summed E-state index contributed by atoms with van der Waals surface area (Å²) in [5.41, 5.74) is 9.84. The van der Waals surface area contributed by atoms with Crippen molar-refractivity contribution >= 4 is 43.5 Å². The van der Waals surface area contributed by atoms with Gasteiger partial charge in [0.1, 0.15) is 0 Å². The van der Waals surface area contributed by atoms with Gasteiger partial charge in [0.25, 0.3) is 0 Å². The van der Waals surface area contributed by atoms with Crippen LogP contribution in [0.5, 0.6) is 0 Å². The summed E-state index contributed by atoms with van der Waals surface area (Å²) in [6.07, 6.45) is 0. The number of benzene rings is 7. The molecule has 9 aromatic rings. The standard InChI is InChI=1S/C42H27N3/c1-3-12-28(13-4-1)31-16-11-17-33(26-31)41-34-18-7-9-20-37(34)43-42(44-41)45-38-21-10-8-19-35(38)40-36-27-32(29-14-5-2-6-15-29)23-22-30(36)24-25-39(40)45/h1-27H. The van der Waals surface area contributed by atoms with Crippen LogP contribution >= 0.6 is 0 Å². The minimum atomic E-state index is 0.665. The highest BCUT2D eigenvalue weighted by molar-refractivity contribution is 6.21. The molecule has 0 radical (unpaired) electrons. The second kappa shape index (κ2) is 10.3. The molecule has 0 aliphatic carbocycles. The molecular weight excluding hydrogens is 546 g/mol. The molecule has 45 heavy (non-hydrogen) atoms. The van der Waals surface area contributed by atoms with E-state index in [0.717, 1.165) is 38.8 Å². The molecule has 0 aliphatic rings. The van der Waals surface area contributed by atoms with Gasteiger partial charge in [0, 0.05) is 21.7 Å². The predicted molar refractivity (Wildman–Crippen MR) is 188 cm³/mol. The Kier molecular flexibility index (Phi) is 5.82. The summed E-state index contributed by atoms with van der Waals surface area (Å²) in [7, 11) is 0. The van der Waals surface area contributed by atoms with Crippen molar-refractivity contribution in [1.29, 1.82) is 0 Å². The highest BCUT2D eigenvalue weighted by Crippen LogP contribution is 2.39. The maximum atomic E-state index is 5.35. The van der Waals surface area contributed by atoms with E-state index in [-0.39, 0.29) is 0 Å². The van der Waals surface area contributed by atoms with Crippen LogP contribution in [0.3, 0.4) is 0 Å². The van der Waals surface area contributed by atoms with Gasteiger partial charge in [-0.15, -0.1) is 0 Å². The Morgan fingerprint density at radius 3 is 1.80 bits per heavy atom. The second-order valence-corrected chi connectivity index (χ2v) is 11.5. The summed E-state index contributed by atoms with van der Waals surface area (Å²) in [5.74, 6) is 0.665. The van der Waals surface area contributed by atoms with Crippen LogP contribution in [0.15, 0.2) is 164 Å². The quantitative estimate of drug-likeness (QED) is 0.210. The molecule has 2 aromatic heterocycles. The lowest BCUT2D eigenvalue weighted by Crippen LogP contribution is -2.03. The fourth-order valence-corrected chi connectivity index (χ4v) is 6.67. The largest absolute Gasteiger partial charge is 0.278 e. The van der Waals surface area contributed by atoms with E-state index < -0.39 is 0 Å². The fraction of sp³-hybridized carbons (Fsp3) is 0. The SMILES string of the molecule is c1ccc(-c2cccc(-c3nc(-n4c5ccccc5c5c6cc(-c7ccccc7)ccc6ccc54)nc4ccccc34)c2)cc1. The number of aromatic nitrogens is 3. The maximum absolute atomic E-state index is 5.35. The summed E-state index contributed by atoms with van der Waals surface area (Å²) in [6, 6.07) is 57.9. The minimum absolute atomic E-state index is 0.665. The van der Waals surface area contributed by atoms with Gasteiger partial charge in [-0.1, -0.05) is 133 Å². The highest BCUT2D eigenvalue weighted by Gasteiger charge is 2.19. The van der Waals surface area contributed by atoms with E-state index in [1.54, 1.807) is 0 Å². The van der Waals surface area contributed by atoms with Crippen LogP contribution in [-0.2, 0) is 0 Å². The van der Waals surface area contributed by atoms with Crippen LogP contribution in [0, 0.1) is 0 Å². The Bertz CT molecular complexity index is 2530. The summed E-state index contributed by atoms with van der Waals surface area (Å²) in [5, 5.41) is 5.87. The van der Waals surface area contributed by atoms with Gasteiger partial charge in [0.15, 0.2) is 0 Å². The Labute approximate surface area is 260 Å². The molecule has 0 bridgehead atoms. The lowest BCUT2D eigenvalue weighted by molar-refractivity contribution is 1.01. The first-order valence-electron chi connectivity index (χ1n) is 15.3. The Morgan fingerprint density at radius 2 is 1.00 bits per heavy atom. The topological polar surface area (TPSA) is 30.7 Å². The second-order valence-electron chi connectivity index (χ2n) is 11.5. The molecule has 0 saturated heterocycles. The molecule has 9 rings (SSSR count). The van der Waals surface area contributed by atoms with Crippen LogP contribution in [0.25, 0.3) is 82.9 Å². The third-order valence-electron chi connectivity index (χ3n) is 8.80. The molecule has 0 N–H and O–H groups in total. The van der Waals surface area contributed by atoms with Gasteiger partial charge in [-0.2, -0.15) is 0 Å². The Morgan fingerprint density at radius 1 is 0.378 bits per heavy atom. The van der Waals surface area contributed by atoms with Gasteiger partial charge >= 0.3 is 0 Å². The summed E-state index contributed by atoms with van der Waals surface area (Å²) in [4.78, 5) is 10.5. The first-order chi connectivity index (χ1) is 22.3. The van der Waals surface area contributed by atoms with Gasteiger partial charge in [0.05, 0.1) is 22.2 Å². The van der Waals surface area contributed by atoms with Crippen LogP contribution < -0.4 is 0 Å². The molecule has 0 unspecified atom stereocenters. The lowest BCUT2D eigenvalue weighted by Gasteiger charge is -2.13. The maximum Gasteiger partial charge on any atom is 0.235 e. The van der Waals surface area contributed by atoms with Gasteiger partial charge < -0.3 is 0 Å². The number of nitrogens with zero attached hydrogens (tertiary/aromatic N) is 3. The molecule has 0 aliphatic heterocycles. The fourth-order valence-electron chi connectivity index (χ4n) is 6.67. The van der Waals surface area contributed by atoms with Crippen LogP contribution in [0.4, 0.5) is 0 Å². The van der Waals surface area contributed by atoms with E-state index in [1.807, 2.05) is 6.07 Å². The summed E-state index contributed by atoms with van der Waals surface area (Å²) < 4.78 is 2.23. The van der Waals surface area contributed by atoms with Crippen molar-refractivity contribution in [2.24, 2.45) is 0 Å². The van der Waals surface area contributed by atoms with Crippen molar-refractivity contribution < 1.29 is 0 Å². The third kappa shape index (κ3) is 4.21. The van der Waals surface area contributed by atoms with E-state index in [1.165, 1.54) is 38.2 Å². The minimum Gasteiger partial charge on any atom is -0.278 e. The smallest absolute Gasteiger partial charge is 0.235 e. The predicted octanol–water partition coefficient (Wildman–Crippen LogP) is 10.9. The van der Waals surface area contributed by atoms with Gasteiger partial charge in [-0.25, -0.2) is 9.97 Å². The average molecular weight is 574 g/mol. The molecule has 210 valence electrons. The average Bonchev–Trinajstić information content (AvgIpc) is 3.47. The molecule has 0 spiro atoms. The Hall–Kier alpha value is -6.06. The molecule has 0 saturated carbocycles. The van der Waals surface area contributed by atoms with E-state index in [9.17, 15) is 0 Å². The highest BCUT2D eigenvalue weighted by atomic mass is 15.2. The number of hydrogen-bond donors (Lipinski definition) is 0. The first-order valence-corrected chi connectivity index (χ1v) is 15.3. The molecule has 0 atom stereocenters. The van der Waals surface area contributed by atoms with Crippen molar-refractivity contribution in [1.82, 2.24) is 14.5 Å². The monoisotopic (exact) mass is 573 g/mol. The van der Waals surface area contributed by atoms with Gasteiger partial charge in [-0.3, -0.25) is 4.57 Å². The third-order valence-corrected chi connectivity index (χ3v) is 8.80. The van der Waals surface area contributed by atoms with E-state index in [4.69, 9.17) is 9.97 Å². The molecule has 2 heterocycles. The van der Waals surface area contributed by atoms with Gasteiger partial charge in [-0.05, 0) is 63.4 Å². The van der Waals surface area contributed by atoms with Crippen molar-refractivity contribution in [3.05, 3.63) is 164 Å². The number of rotatable bonds is 4. The van der Waals surface area contributed by atoms with E-state index >= 15 is 0 Å². The zero-order valence-electron chi connectivity index (χ0n) is 24.4. The first kappa shape index (κ1) is 25.4. The zero-order valence-corrected chi connectivity index (χ0v) is 24.4. The van der Waals surface area contributed by atoms with Crippen LogP contribution in [0.2, 0.25) is 0 Å². The molecular formula is C42H27N3. The molecule has 7 aromatic carbocycles. The van der Waals surface area contributed by atoms with Crippen LogP contribution in [0.1, 0.15) is 0 Å². The number of hydrogen-bond acceptors (Lipinski definition) is 2. The molecule has 3 nitrogen and oxygen atoms in total. The zero-order chi connectivity index (χ0) is 29.7. The van der Waals surface area contributed by atoms with Crippen molar-refractivity contribution in [2.45, 2.75) is 0 Å². The van der Waals surface area contributed by atoms with E-state index in [2.05, 4.69) is 162 Å². The Balaban J connectivity index is 1.32. The molecule has 3 heteroatoms. The lowest BCUT2D eigenvalue weighted by atomic mass is 9.98. The summed E-state index contributed by atoms with van der Waals surface area (Å²) >= 11 is 0. The molecule has 0 fully saturated rings. The normalized spacial score (nSPS) is 11.6. The van der Waals surface area contributed by atoms with Gasteiger partial charge in [0.2, 0.25) is 5.95 Å². The number of para-hydroxylation sites is 2. The van der Waals surface area contributed by atoms with Crippen molar-refractivity contribution in [3.63, 3.8) is 0 Å². The van der Waals surface area contributed by atoms with Crippen LogP contribution in [-0.4, -0.2) is 14.5 Å².